The van der Waals surface area contributed by atoms with Gasteiger partial charge in [0.15, 0.2) is 11.3 Å². The van der Waals surface area contributed by atoms with Crippen LogP contribution in [0.1, 0.15) is 15.9 Å². The van der Waals surface area contributed by atoms with Crippen LogP contribution in [0.5, 0.6) is 5.75 Å². The Morgan fingerprint density at radius 1 is 1.00 bits per heavy atom. The number of phenolic OH excluding ortho intramolecular Hbond substituents is 1. The molecule has 0 fully saturated rings. The normalized spacial score (nSPS) is 11.6. The summed E-state index contributed by atoms with van der Waals surface area (Å²) in [5.74, 6) is -3.16. The molecule has 170 valence electrons. The largest absolute Gasteiger partial charge is 0.504 e. The molecule has 3 aromatic rings. The molecule has 5 rings (SSSR count). The highest BCUT2D eigenvalue weighted by Crippen LogP contribution is 2.50. The molecule has 0 atom stereocenters. The van der Waals surface area contributed by atoms with Gasteiger partial charge in [0, 0.05) is 38.6 Å². The van der Waals surface area contributed by atoms with E-state index in [1.54, 1.807) is 25.1 Å². The van der Waals surface area contributed by atoms with Crippen molar-refractivity contribution in [3.63, 3.8) is 0 Å². The van der Waals surface area contributed by atoms with Crippen molar-refractivity contribution in [2.24, 2.45) is 0 Å². The standard InChI is InChI=1S/C25H12Cl3FO5/c1-9-6-14(27)19(20(21(9)28)25(32)33)17-12-7-13(26)15(30)8-16(12)34-24-18(17)10-4-2-3-5-11(10)23(31)22(24)29/h2-8,31H,1H3,(H,32,33). The van der Waals surface area contributed by atoms with Crippen molar-refractivity contribution in [2.75, 3.05) is 0 Å². The first kappa shape index (κ1) is 22.5. The van der Waals surface area contributed by atoms with Crippen LogP contribution in [0.2, 0.25) is 15.1 Å². The van der Waals surface area contributed by atoms with Gasteiger partial charge >= 0.3 is 5.97 Å². The molecular weight excluding hydrogens is 506 g/mol. The molecule has 9 heteroatoms. The molecule has 34 heavy (non-hydrogen) atoms. The molecule has 0 bridgehead atoms. The van der Waals surface area contributed by atoms with Gasteiger partial charge in [-0.15, -0.1) is 0 Å². The van der Waals surface area contributed by atoms with Crippen LogP contribution >= 0.6 is 34.8 Å². The Kier molecular flexibility index (Phi) is 5.20. The zero-order valence-electron chi connectivity index (χ0n) is 17.2. The average molecular weight is 518 g/mol. The number of aryl methyl sites for hydroxylation is 1. The van der Waals surface area contributed by atoms with Gasteiger partial charge in [-0.25, -0.2) is 4.79 Å². The smallest absolute Gasteiger partial charge is 0.337 e. The van der Waals surface area contributed by atoms with E-state index in [1.165, 1.54) is 18.2 Å². The summed E-state index contributed by atoms with van der Waals surface area (Å²) in [4.78, 5) is 24.6. The maximum Gasteiger partial charge on any atom is 0.337 e. The number of benzene rings is 4. The fraction of sp³-hybridized carbons (Fsp3) is 0.0400. The summed E-state index contributed by atoms with van der Waals surface area (Å²) in [6.45, 7) is 1.61. The second-order valence-electron chi connectivity index (χ2n) is 7.71. The maximum atomic E-state index is 15.4. The fourth-order valence-corrected chi connectivity index (χ4v) is 4.97. The van der Waals surface area contributed by atoms with Crippen LogP contribution < -0.4 is 5.43 Å². The van der Waals surface area contributed by atoms with E-state index in [4.69, 9.17) is 39.2 Å². The third-order valence-electron chi connectivity index (χ3n) is 5.71. The van der Waals surface area contributed by atoms with Crippen molar-refractivity contribution < 1.29 is 23.8 Å². The van der Waals surface area contributed by atoms with Crippen LogP contribution in [0, 0.1) is 12.7 Å². The third kappa shape index (κ3) is 3.14. The lowest BCUT2D eigenvalue weighted by atomic mass is 9.87. The Labute approximate surface area is 205 Å². The molecule has 2 aliphatic rings. The van der Waals surface area contributed by atoms with Gasteiger partial charge in [-0.1, -0.05) is 59.1 Å². The van der Waals surface area contributed by atoms with Gasteiger partial charge in [-0.3, -0.25) is 4.79 Å². The number of aromatic hydroxyl groups is 1. The molecule has 0 amide bonds. The van der Waals surface area contributed by atoms with E-state index < -0.39 is 23.0 Å². The molecule has 0 saturated heterocycles. The second kappa shape index (κ2) is 7.87. The molecule has 1 aliphatic carbocycles. The number of carboxylic acids is 1. The van der Waals surface area contributed by atoms with Crippen molar-refractivity contribution >= 4 is 62.5 Å². The van der Waals surface area contributed by atoms with Gasteiger partial charge < -0.3 is 14.6 Å². The zero-order valence-corrected chi connectivity index (χ0v) is 19.4. The Morgan fingerprint density at radius 3 is 2.35 bits per heavy atom. The second-order valence-corrected chi connectivity index (χ2v) is 8.90. The Bertz CT molecular complexity index is 1730. The van der Waals surface area contributed by atoms with Gasteiger partial charge in [0.2, 0.25) is 11.2 Å². The van der Waals surface area contributed by atoms with E-state index >= 15 is 4.39 Å². The minimum Gasteiger partial charge on any atom is -0.504 e. The van der Waals surface area contributed by atoms with Crippen LogP contribution in [0.4, 0.5) is 4.39 Å². The van der Waals surface area contributed by atoms with Crippen LogP contribution in [-0.4, -0.2) is 16.2 Å². The fourth-order valence-electron chi connectivity index (χ4n) is 4.23. The Balaban J connectivity index is 2.19. The summed E-state index contributed by atoms with van der Waals surface area (Å²) in [6, 6.07) is 10.3. The molecule has 1 heterocycles. The number of hydrogen-bond donors (Lipinski definition) is 2. The summed E-state index contributed by atoms with van der Waals surface area (Å²) in [6.07, 6.45) is 0. The summed E-state index contributed by atoms with van der Waals surface area (Å²) in [5.41, 5.74) is -0.477. The molecule has 0 aromatic heterocycles. The Hall–Kier alpha value is -3.32. The zero-order chi connectivity index (χ0) is 24.5. The van der Waals surface area contributed by atoms with Gasteiger partial charge in [0.05, 0.1) is 15.6 Å². The van der Waals surface area contributed by atoms with Crippen molar-refractivity contribution in [1.29, 1.82) is 0 Å². The molecule has 0 saturated carbocycles. The van der Waals surface area contributed by atoms with E-state index in [2.05, 4.69) is 0 Å². The summed E-state index contributed by atoms with van der Waals surface area (Å²) >= 11 is 19.1. The molecule has 3 aromatic carbocycles. The van der Waals surface area contributed by atoms with Crippen LogP contribution in [0.3, 0.4) is 0 Å². The molecule has 2 N–H and O–H groups in total. The van der Waals surface area contributed by atoms with Crippen LogP contribution in [0.25, 0.3) is 44.2 Å². The van der Waals surface area contributed by atoms with E-state index in [0.717, 1.165) is 6.07 Å². The van der Waals surface area contributed by atoms with Crippen molar-refractivity contribution in [1.82, 2.24) is 0 Å². The Morgan fingerprint density at radius 2 is 1.68 bits per heavy atom. The monoisotopic (exact) mass is 516 g/mol. The molecule has 5 nitrogen and oxygen atoms in total. The highest BCUT2D eigenvalue weighted by atomic mass is 35.5. The van der Waals surface area contributed by atoms with Crippen LogP contribution in [-0.2, 0) is 0 Å². The SMILES string of the molecule is Cc1cc(Cl)c(-c2c3cc(Cl)c(=O)cc-3oc3c(F)c(O)c4ccccc4c23)c(C(=O)O)c1Cl. The lowest BCUT2D eigenvalue weighted by Crippen LogP contribution is -2.07. The van der Waals surface area contributed by atoms with E-state index in [1.807, 2.05) is 0 Å². The number of hydrogen-bond acceptors (Lipinski definition) is 4. The highest BCUT2D eigenvalue weighted by Gasteiger charge is 2.30. The minimum atomic E-state index is -1.36. The predicted molar refractivity (Wildman–Crippen MR) is 130 cm³/mol. The third-order valence-corrected chi connectivity index (χ3v) is 6.79. The topological polar surface area (TPSA) is 87.7 Å². The molecule has 0 unspecified atom stereocenters. The quantitative estimate of drug-likeness (QED) is 0.187. The van der Waals surface area contributed by atoms with Crippen molar-refractivity contribution in [3.8, 4) is 28.2 Å². The number of phenols is 1. The minimum absolute atomic E-state index is 0.000486. The number of carbonyl (C=O) groups is 1. The molecule has 1 aliphatic heterocycles. The number of rotatable bonds is 2. The number of carboxylic acid groups (broad SMARTS) is 1. The first-order chi connectivity index (χ1) is 16.1. The van der Waals surface area contributed by atoms with Gasteiger partial charge in [0.1, 0.15) is 5.76 Å². The van der Waals surface area contributed by atoms with E-state index in [9.17, 15) is 19.8 Å². The number of halogens is 4. The lowest BCUT2D eigenvalue weighted by molar-refractivity contribution is 0.0698. The molecular formula is C25H12Cl3FO5. The van der Waals surface area contributed by atoms with Crippen molar-refractivity contribution in [3.05, 3.63) is 84.7 Å². The highest BCUT2D eigenvalue weighted by molar-refractivity contribution is 6.40. The summed E-state index contributed by atoms with van der Waals surface area (Å²) in [5, 5.41) is 21.1. The summed E-state index contributed by atoms with van der Waals surface area (Å²) in [7, 11) is 0. The van der Waals surface area contributed by atoms with Gasteiger partial charge in [-0.2, -0.15) is 4.39 Å². The van der Waals surface area contributed by atoms with Crippen LogP contribution in [0.15, 0.2) is 51.7 Å². The average Bonchev–Trinajstić information content (AvgIpc) is 2.79. The van der Waals surface area contributed by atoms with Gasteiger partial charge in [0.25, 0.3) is 0 Å². The van der Waals surface area contributed by atoms with Gasteiger partial charge in [-0.05, 0) is 30.0 Å². The molecule has 0 radical (unpaired) electrons. The van der Waals surface area contributed by atoms with E-state index in [0.29, 0.717) is 10.9 Å². The number of aromatic carboxylic acids is 1. The molecule has 0 spiro atoms. The maximum absolute atomic E-state index is 15.4. The van der Waals surface area contributed by atoms with E-state index in [-0.39, 0.29) is 59.4 Å². The predicted octanol–water partition coefficient (Wildman–Crippen LogP) is 7.53. The lowest BCUT2D eigenvalue weighted by Gasteiger charge is -2.21. The number of fused-ring (bicyclic) bond motifs is 4. The first-order valence-electron chi connectivity index (χ1n) is 9.83. The van der Waals surface area contributed by atoms with Crippen molar-refractivity contribution in [2.45, 2.75) is 6.92 Å². The first-order valence-corrected chi connectivity index (χ1v) is 11.0. The summed E-state index contributed by atoms with van der Waals surface area (Å²) < 4.78 is 21.2.